The summed E-state index contributed by atoms with van der Waals surface area (Å²) in [7, 11) is -3.56. The summed E-state index contributed by atoms with van der Waals surface area (Å²) in [5, 5.41) is -1.12. The minimum absolute atomic E-state index is 0.0775. The second kappa shape index (κ2) is 5.56. The number of hydrogen-bond donors (Lipinski definition) is 1. The Hall–Kier alpha value is 0.01000. The lowest BCUT2D eigenvalue weighted by Crippen LogP contribution is -2.62. The highest BCUT2D eigenvalue weighted by Gasteiger charge is 2.50. The van der Waals surface area contributed by atoms with Crippen molar-refractivity contribution in [1.82, 2.24) is 4.90 Å². The topological polar surface area (TPSA) is 63.4 Å². The maximum absolute atomic E-state index is 13.0. The Morgan fingerprint density at radius 2 is 2.00 bits per heavy atom. The number of nitrogens with zero attached hydrogens (tertiary/aromatic N) is 1. The van der Waals surface area contributed by atoms with Crippen LogP contribution in [0.25, 0.3) is 0 Å². The molecular formula is C9H17F3N2O2S2. The minimum Gasteiger partial charge on any atom is -0.326 e. The molecule has 1 rings (SSSR count). The molecule has 1 aliphatic rings. The molecule has 0 aliphatic carbocycles. The number of halogens is 3. The van der Waals surface area contributed by atoms with Crippen LogP contribution in [0.1, 0.15) is 6.92 Å². The van der Waals surface area contributed by atoms with Crippen molar-refractivity contribution >= 4 is 21.6 Å². The van der Waals surface area contributed by atoms with Gasteiger partial charge in [-0.15, -0.1) is 0 Å². The van der Waals surface area contributed by atoms with E-state index in [0.29, 0.717) is 5.75 Å². The van der Waals surface area contributed by atoms with Gasteiger partial charge in [-0.25, -0.2) is 8.42 Å². The van der Waals surface area contributed by atoms with Gasteiger partial charge in [-0.2, -0.15) is 24.9 Å². The molecule has 0 aromatic heterocycles. The first kappa shape index (κ1) is 16.1. The summed E-state index contributed by atoms with van der Waals surface area (Å²) in [5.74, 6) is 0.628. The fraction of sp³-hybridized carbons (Fsp3) is 1.00. The molecule has 0 aromatic rings. The molecule has 1 aliphatic heterocycles. The van der Waals surface area contributed by atoms with Crippen LogP contribution in [0.4, 0.5) is 13.2 Å². The molecule has 1 heterocycles. The zero-order valence-corrected chi connectivity index (χ0v) is 11.8. The van der Waals surface area contributed by atoms with E-state index in [4.69, 9.17) is 5.73 Å². The molecule has 0 saturated carbocycles. The molecule has 1 saturated heterocycles. The molecule has 1 fully saturated rings. The summed E-state index contributed by atoms with van der Waals surface area (Å²) < 4.78 is 62.2. The Balaban J connectivity index is 3.08. The zero-order chi connectivity index (χ0) is 14.1. The van der Waals surface area contributed by atoms with Crippen molar-refractivity contribution in [2.75, 3.05) is 24.3 Å². The minimum atomic E-state index is -4.53. The summed E-state index contributed by atoms with van der Waals surface area (Å²) in [6.45, 7) is 1.33. The molecule has 0 radical (unpaired) electrons. The zero-order valence-electron chi connectivity index (χ0n) is 10.1. The van der Waals surface area contributed by atoms with Gasteiger partial charge in [0, 0.05) is 30.3 Å². The lowest BCUT2D eigenvalue weighted by Gasteiger charge is -2.41. The Labute approximate surface area is 109 Å². The van der Waals surface area contributed by atoms with Gasteiger partial charge in [0.1, 0.15) is 11.4 Å². The summed E-state index contributed by atoms with van der Waals surface area (Å²) >= 11 is 1.34. The highest BCUT2D eigenvalue weighted by Crippen LogP contribution is 2.32. The third kappa shape index (κ3) is 3.75. The van der Waals surface area contributed by atoms with Gasteiger partial charge in [0.25, 0.3) is 0 Å². The fourth-order valence-corrected chi connectivity index (χ4v) is 4.98. The molecule has 4 nitrogen and oxygen atoms in total. The van der Waals surface area contributed by atoms with E-state index in [-0.39, 0.29) is 12.3 Å². The summed E-state index contributed by atoms with van der Waals surface area (Å²) in [5.41, 5.74) is 5.40. The van der Waals surface area contributed by atoms with Crippen molar-refractivity contribution < 1.29 is 21.6 Å². The van der Waals surface area contributed by atoms with Gasteiger partial charge in [0.15, 0.2) is 9.84 Å². The number of sulfone groups is 1. The quantitative estimate of drug-likeness (QED) is 0.831. The first-order valence-electron chi connectivity index (χ1n) is 5.40. The highest BCUT2D eigenvalue weighted by atomic mass is 32.2. The van der Waals surface area contributed by atoms with E-state index >= 15 is 0 Å². The normalized spacial score (nSPS) is 26.9. The molecule has 2 N–H and O–H groups in total. The van der Waals surface area contributed by atoms with Crippen LogP contribution < -0.4 is 5.73 Å². The van der Waals surface area contributed by atoms with Gasteiger partial charge in [0.2, 0.25) is 0 Å². The van der Waals surface area contributed by atoms with Crippen molar-refractivity contribution in [3.8, 4) is 0 Å². The maximum atomic E-state index is 13.0. The number of thioether (sulfide) groups is 1. The SMILES string of the molecule is CC(N)C(N1CCSCC1S(C)(=O)=O)C(F)(F)F. The third-order valence-electron chi connectivity index (χ3n) is 2.81. The second-order valence-corrected chi connectivity index (χ2v) is 7.80. The van der Waals surface area contributed by atoms with E-state index in [2.05, 4.69) is 0 Å². The van der Waals surface area contributed by atoms with Gasteiger partial charge in [-0.1, -0.05) is 0 Å². The average Bonchev–Trinajstić information content (AvgIpc) is 2.13. The monoisotopic (exact) mass is 306 g/mol. The molecule has 3 unspecified atom stereocenters. The predicted molar refractivity (Wildman–Crippen MR) is 66.2 cm³/mol. The second-order valence-electron chi connectivity index (χ2n) is 4.44. The molecule has 3 atom stereocenters. The molecule has 0 aromatic carbocycles. The average molecular weight is 306 g/mol. The van der Waals surface area contributed by atoms with Crippen LogP contribution in [-0.2, 0) is 9.84 Å². The lowest BCUT2D eigenvalue weighted by atomic mass is 10.1. The molecule has 18 heavy (non-hydrogen) atoms. The van der Waals surface area contributed by atoms with Gasteiger partial charge in [0.05, 0.1) is 0 Å². The predicted octanol–water partition coefficient (Wildman–Crippen LogP) is 0.684. The molecule has 108 valence electrons. The molecule has 0 bridgehead atoms. The molecule has 0 spiro atoms. The number of rotatable bonds is 3. The Morgan fingerprint density at radius 1 is 1.44 bits per heavy atom. The van der Waals surface area contributed by atoms with Crippen molar-refractivity contribution in [3.63, 3.8) is 0 Å². The summed E-state index contributed by atoms with van der Waals surface area (Å²) in [6.07, 6.45) is -3.57. The standard InChI is InChI=1S/C9H17F3N2O2S2/c1-6(13)8(9(10,11)12)14-3-4-17-5-7(14)18(2,15)16/h6-8H,3-5,13H2,1-2H3. The maximum Gasteiger partial charge on any atom is 0.405 e. The first-order valence-corrected chi connectivity index (χ1v) is 8.50. The van der Waals surface area contributed by atoms with Gasteiger partial charge < -0.3 is 5.73 Å². The largest absolute Gasteiger partial charge is 0.405 e. The van der Waals surface area contributed by atoms with Crippen LogP contribution in [0.3, 0.4) is 0 Å². The van der Waals surface area contributed by atoms with Crippen LogP contribution in [0.5, 0.6) is 0 Å². The summed E-state index contributed by atoms with van der Waals surface area (Å²) in [6, 6.07) is -3.09. The van der Waals surface area contributed by atoms with E-state index in [0.717, 1.165) is 11.2 Å². The number of nitrogens with two attached hydrogens (primary N) is 1. The van der Waals surface area contributed by atoms with Crippen LogP contribution in [0, 0.1) is 0 Å². The van der Waals surface area contributed by atoms with Crippen molar-refractivity contribution in [1.29, 1.82) is 0 Å². The van der Waals surface area contributed by atoms with Crippen molar-refractivity contribution in [2.24, 2.45) is 5.73 Å². The lowest BCUT2D eigenvalue weighted by molar-refractivity contribution is -0.189. The smallest absolute Gasteiger partial charge is 0.326 e. The van der Waals surface area contributed by atoms with Crippen LogP contribution in [0.2, 0.25) is 0 Å². The van der Waals surface area contributed by atoms with Crippen LogP contribution in [0.15, 0.2) is 0 Å². The molecule has 9 heteroatoms. The van der Waals surface area contributed by atoms with E-state index < -0.39 is 33.5 Å². The molecule has 0 amide bonds. The van der Waals surface area contributed by atoms with Crippen LogP contribution >= 0.6 is 11.8 Å². The van der Waals surface area contributed by atoms with E-state index in [1.165, 1.54) is 18.7 Å². The first-order chi connectivity index (χ1) is 8.05. The Kier molecular flexibility index (Phi) is 4.96. The third-order valence-corrected chi connectivity index (χ3v) is 5.47. The number of alkyl halides is 3. The Morgan fingerprint density at radius 3 is 2.39 bits per heavy atom. The fourth-order valence-electron chi connectivity index (χ4n) is 2.07. The Bertz CT molecular complexity index is 384. The van der Waals surface area contributed by atoms with Crippen molar-refractivity contribution in [3.05, 3.63) is 0 Å². The van der Waals surface area contributed by atoms with Gasteiger partial charge >= 0.3 is 6.18 Å². The van der Waals surface area contributed by atoms with Gasteiger partial charge in [-0.05, 0) is 6.92 Å². The molecular weight excluding hydrogens is 289 g/mol. The van der Waals surface area contributed by atoms with E-state index in [9.17, 15) is 21.6 Å². The van der Waals surface area contributed by atoms with E-state index in [1.54, 1.807) is 0 Å². The number of hydrogen-bond acceptors (Lipinski definition) is 5. The van der Waals surface area contributed by atoms with Gasteiger partial charge in [-0.3, -0.25) is 4.90 Å². The summed E-state index contributed by atoms with van der Waals surface area (Å²) in [4.78, 5) is 0.983. The van der Waals surface area contributed by atoms with Crippen molar-refractivity contribution in [2.45, 2.75) is 30.6 Å². The van der Waals surface area contributed by atoms with E-state index in [1.807, 2.05) is 0 Å². The highest BCUT2D eigenvalue weighted by molar-refractivity contribution is 8.00. The van der Waals surface area contributed by atoms with Crippen LogP contribution in [-0.4, -0.2) is 61.3 Å².